The van der Waals surface area contributed by atoms with E-state index in [9.17, 15) is 4.79 Å². The monoisotopic (exact) mass is 193 g/mol. The van der Waals surface area contributed by atoms with Crippen molar-refractivity contribution in [2.45, 2.75) is 13.0 Å². The van der Waals surface area contributed by atoms with E-state index in [4.69, 9.17) is 5.73 Å². The Morgan fingerprint density at radius 2 is 2.42 bits per heavy atom. The molecule has 12 heavy (non-hydrogen) atoms. The quantitative estimate of drug-likeness (QED) is 0.573. The van der Waals surface area contributed by atoms with Gasteiger partial charge in [-0.2, -0.15) is 0 Å². The highest BCUT2D eigenvalue weighted by molar-refractivity contribution is 5.85. The number of carbonyl (C=O) groups excluding carboxylic acids is 1. The molecule has 1 aliphatic rings. The summed E-state index contributed by atoms with van der Waals surface area (Å²) in [6, 6.07) is 0.402. The van der Waals surface area contributed by atoms with Gasteiger partial charge < -0.3 is 16.0 Å². The normalized spacial score (nSPS) is 23.2. The molecular formula is C7H16ClN3O. The van der Waals surface area contributed by atoms with Crippen LogP contribution in [-0.2, 0) is 4.79 Å². The Balaban J connectivity index is 0.00000121. The van der Waals surface area contributed by atoms with Crippen molar-refractivity contribution in [2.24, 2.45) is 5.73 Å². The first-order valence-electron chi connectivity index (χ1n) is 3.95. The van der Waals surface area contributed by atoms with E-state index < -0.39 is 0 Å². The van der Waals surface area contributed by atoms with E-state index in [1.54, 1.807) is 4.90 Å². The van der Waals surface area contributed by atoms with Crippen molar-refractivity contribution < 1.29 is 4.79 Å². The molecule has 72 valence electrons. The fraction of sp³-hybridized carbons (Fsp3) is 0.857. The summed E-state index contributed by atoms with van der Waals surface area (Å²) in [6.45, 7) is 4.66. The number of amides is 1. The van der Waals surface area contributed by atoms with Gasteiger partial charge in [-0.15, -0.1) is 12.4 Å². The molecule has 3 N–H and O–H groups in total. The summed E-state index contributed by atoms with van der Waals surface area (Å²) in [7, 11) is 0. The molecule has 1 aliphatic heterocycles. The van der Waals surface area contributed by atoms with E-state index in [0.717, 1.165) is 19.6 Å². The van der Waals surface area contributed by atoms with Crippen molar-refractivity contribution >= 4 is 18.3 Å². The van der Waals surface area contributed by atoms with Gasteiger partial charge in [-0.3, -0.25) is 4.79 Å². The molecule has 0 bridgehead atoms. The standard InChI is InChI=1S/C7H15N3O.ClH/c1-6-5-10(3-2-9-6)7(11)4-8;/h6,9H,2-5,8H2,1H3;1H/t6-;/m0./s1. The second kappa shape index (κ2) is 5.35. The van der Waals surface area contributed by atoms with Crippen molar-refractivity contribution in [3.05, 3.63) is 0 Å². The number of rotatable bonds is 1. The Bertz CT molecular complexity index is 154. The van der Waals surface area contributed by atoms with Gasteiger partial charge in [0, 0.05) is 25.7 Å². The van der Waals surface area contributed by atoms with Gasteiger partial charge >= 0.3 is 0 Å². The summed E-state index contributed by atoms with van der Waals surface area (Å²) < 4.78 is 0. The van der Waals surface area contributed by atoms with Crippen LogP contribution in [-0.4, -0.2) is 43.0 Å². The average Bonchev–Trinajstić information content (AvgIpc) is 2.03. The van der Waals surface area contributed by atoms with Crippen molar-refractivity contribution in [2.75, 3.05) is 26.2 Å². The van der Waals surface area contributed by atoms with Crippen molar-refractivity contribution in [3.8, 4) is 0 Å². The molecule has 1 fully saturated rings. The van der Waals surface area contributed by atoms with E-state index in [2.05, 4.69) is 12.2 Å². The third-order valence-electron chi connectivity index (χ3n) is 1.90. The Morgan fingerprint density at radius 1 is 1.75 bits per heavy atom. The van der Waals surface area contributed by atoms with E-state index in [1.165, 1.54) is 0 Å². The number of nitrogens with two attached hydrogens (primary N) is 1. The predicted octanol–water partition coefficient (Wildman–Crippen LogP) is -0.813. The molecule has 0 saturated carbocycles. The van der Waals surface area contributed by atoms with Crippen molar-refractivity contribution in [3.63, 3.8) is 0 Å². The molecule has 1 heterocycles. The summed E-state index contributed by atoms with van der Waals surface area (Å²) >= 11 is 0. The molecule has 1 saturated heterocycles. The van der Waals surface area contributed by atoms with Crippen LogP contribution in [0.1, 0.15) is 6.92 Å². The molecule has 0 aromatic carbocycles. The summed E-state index contributed by atoms with van der Waals surface area (Å²) in [4.78, 5) is 12.9. The van der Waals surface area contributed by atoms with Gasteiger partial charge in [-0.25, -0.2) is 0 Å². The lowest BCUT2D eigenvalue weighted by Gasteiger charge is -2.31. The van der Waals surface area contributed by atoms with Gasteiger partial charge in [0.15, 0.2) is 0 Å². The number of hydrogen-bond acceptors (Lipinski definition) is 3. The maximum Gasteiger partial charge on any atom is 0.236 e. The number of hydrogen-bond donors (Lipinski definition) is 2. The Morgan fingerprint density at radius 3 is 2.92 bits per heavy atom. The first-order valence-corrected chi connectivity index (χ1v) is 3.95. The highest BCUT2D eigenvalue weighted by Crippen LogP contribution is 1.97. The maximum atomic E-state index is 11.1. The SMILES string of the molecule is C[C@H]1CN(C(=O)CN)CCN1.Cl. The van der Waals surface area contributed by atoms with Crippen LogP contribution in [0.25, 0.3) is 0 Å². The fourth-order valence-electron chi connectivity index (χ4n) is 1.29. The van der Waals surface area contributed by atoms with E-state index in [-0.39, 0.29) is 24.9 Å². The van der Waals surface area contributed by atoms with Crippen molar-refractivity contribution in [1.29, 1.82) is 0 Å². The maximum absolute atomic E-state index is 11.1. The lowest BCUT2D eigenvalue weighted by atomic mass is 10.2. The highest BCUT2D eigenvalue weighted by Gasteiger charge is 2.18. The predicted molar refractivity (Wildman–Crippen MR) is 50.3 cm³/mol. The van der Waals surface area contributed by atoms with Gasteiger partial charge in [0.1, 0.15) is 0 Å². The smallest absolute Gasteiger partial charge is 0.236 e. The molecular weight excluding hydrogens is 178 g/mol. The average molecular weight is 194 g/mol. The first-order chi connectivity index (χ1) is 5.24. The minimum Gasteiger partial charge on any atom is -0.339 e. The molecule has 0 unspecified atom stereocenters. The Hall–Kier alpha value is -0.320. The molecule has 0 aromatic heterocycles. The van der Waals surface area contributed by atoms with Gasteiger partial charge in [0.2, 0.25) is 5.91 Å². The van der Waals surface area contributed by atoms with Crippen LogP contribution in [0.3, 0.4) is 0 Å². The summed E-state index contributed by atoms with van der Waals surface area (Å²) in [5.41, 5.74) is 5.24. The molecule has 1 rings (SSSR count). The van der Waals surface area contributed by atoms with Crippen molar-refractivity contribution in [1.82, 2.24) is 10.2 Å². The number of piperazine rings is 1. The van der Waals surface area contributed by atoms with E-state index >= 15 is 0 Å². The number of halogens is 1. The van der Waals surface area contributed by atoms with Gasteiger partial charge in [-0.05, 0) is 6.92 Å². The third kappa shape index (κ3) is 2.97. The zero-order valence-electron chi connectivity index (χ0n) is 7.25. The molecule has 0 spiro atoms. The number of nitrogens with zero attached hydrogens (tertiary/aromatic N) is 1. The van der Waals surface area contributed by atoms with Gasteiger partial charge in [0.25, 0.3) is 0 Å². The summed E-state index contributed by atoms with van der Waals surface area (Å²) in [6.07, 6.45) is 0. The first kappa shape index (κ1) is 11.7. The second-order valence-electron chi connectivity index (χ2n) is 2.90. The molecule has 1 atom stereocenters. The highest BCUT2D eigenvalue weighted by atomic mass is 35.5. The molecule has 0 aromatic rings. The zero-order chi connectivity index (χ0) is 8.27. The van der Waals surface area contributed by atoms with Crippen LogP contribution >= 0.6 is 12.4 Å². The Labute approximate surface area is 78.9 Å². The second-order valence-corrected chi connectivity index (χ2v) is 2.90. The molecule has 0 aliphatic carbocycles. The fourth-order valence-corrected chi connectivity index (χ4v) is 1.29. The topological polar surface area (TPSA) is 58.4 Å². The van der Waals surface area contributed by atoms with Crippen LogP contribution in [0.15, 0.2) is 0 Å². The van der Waals surface area contributed by atoms with Crippen LogP contribution in [0.5, 0.6) is 0 Å². The van der Waals surface area contributed by atoms with Gasteiger partial charge in [-0.1, -0.05) is 0 Å². The van der Waals surface area contributed by atoms with Crippen LogP contribution in [0, 0.1) is 0 Å². The molecule has 5 heteroatoms. The van der Waals surface area contributed by atoms with Crippen LogP contribution in [0.2, 0.25) is 0 Å². The Kier molecular flexibility index (Phi) is 5.20. The molecule has 1 amide bonds. The summed E-state index contributed by atoms with van der Waals surface area (Å²) in [5.74, 6) is 0.0540. The third-order valence-corrected chi connectivity index (χ3v) is 1.90. The largest absolute Gasteiger partial charge is 0.339 e. The minimum atomic E-state index is 0. The number of carbonyl (C=O) groups is 1. The zero-order valence-corrected chi connectivity index (χ0v) is 8.06. The van der Waals surface area contributed by atoms with E-state index in [1.807, 2.05) is 0 Å². The minimum absolute atomic E-state index is 0. The lowest BCUT2D eigenvalue weighted by Crippen LogP contribution is -2.52. The lowest BCUT2D eigenvalue weighted by molar-refractivity contribution is -0.130. The van der Waals surface area contributed by atoms with E-state index in [0.29, 0.717) is 6.04 Å². The van der Waals surface area contributed by atoms with Crippen LogP contribution < -0.4 is 11.1 Å². The molecule has 4 nitrogen and oxygen atoms in total. The summed E-state index contributed by atoms with van der Waals surface area (Å²) in [5, 5.41) is 3.26. The van der Waals surface area contributed by atoms with Crippen LogP contribution in [0.4, 0.5) is 0 Å². The molecule has 0 radical (unpaired) electrons. The number of nitrogens with one attached hydrogen (secondary N) is 1. The van der Waals surface area contributed by atoms with Gasteiger partial charge in [0.05, 0.1) is 6.54 Å².